The van der Waals surface area contributed by atoms with Gasteiger partial charge in [0.05, 0.1) is 0 Å². The molecule has 94 valence electrons. The van der Waals surface area contributed by atoms with Gasteiger partial charge in [0, 0.05) is 11.1 Å². The van der Waals surface area contributed by atoms with E-state index >= 15 is 0 Å². The monoisotopic (exact) mass is 265 g/mol. The first kappa shape index (κ1) is 12.4. The van der Waals surface area contributed by atoms with Crippen molar-refractivity contribution >= 4 is 23.4 Å². The standard InChI is InChI=1S/C11H12ClN5O/c12-8-3-1-2-7(4-8)6-18-10-5-9(17-14)15-11(13)16-10/h1-5H,6,14H2,(H3,13,15,16,17). The van der Waals surface area contributed by atoms with Gasteiger partial charge in [0.25, 0.3) is 0 Å². The number of hydrogen-bond donors (Lipinski definition) is 3. The fraction of sp³-hybridized carbons (Fsp3) is 0.0909. The van der Waals surface area contributed by atoms with Gasteiger partial charge in [-0.1, -0.05) is 23.7 Å². The van der Waals surface area contributed by atoms with Crippen molar-refractivity contribution in [2.75, 3.05) is 11.2 Å². The Bertz CT molecular complexity index is 549. The van der Waals surface area contributed by atoms with Crippen LogP contribution in [0.3, 0.4) is 0 Å². The van der Waals surface area contributed by atoms with Gasteiger partial charge in [-0.3, -0.25) is 0 Å². The summed E-state index contributed by atoms with van der Waals surface area (Å²) in [7, 11) is 0. The van der Waals surface area contributed by atoms with Crippen LogP contribution in [-0.2, 0) is 6.61 Å². The third-order valence-corrected chi connectivity index (χ3v) is 2.38. The lowest BCUT2D eigenvalue weighted by Gasteiger charge is -2.07. The Kier molecular flexibility index (Phi) is 3.81. The number of nitrogens with zero attached hydrogens (tertiary/aromatic N) is 2. The molecule has 5 N–H and O–H groups in total. The number of nitrogens with one attached hydrogen (secondary N) is 1. The second-order valence-electron chi connectivity index (χ2n) is 3.51. The van der Waals surface area contributed by atoms with Crippen molar-refractivity contribution in [1.29, 1.82) is 0 Å². The van der Waals surface area contributed by atoms with E-state index in [1.54, 1.807) is 12.1 Å². The molecule has 2 aromatic rings. The molecule has 0 amide bonds. The summed E-state index contributed by atoms with van der Waals surface area (Å²) in [5.41, 5.74) is 8.82. The van der Waals surface area contributed by atoms with Crippen LogP contribution in [0.1, 0.15) is 5.56 Å². The molecule has 0 fully saturated rings. The maximum absolute atomic E-state index is 5.87. The SMILES string of the molecule is NNc1cc(OCc2cccc(Cl)c2)nc(N)n1. The van der Waals surface area contributed by atoms with Gasteiger partial charge in [-0.2, -0.15) is 9.97 Å². The van der Waals surface area contributed by atoms with Crippen molar-refractivity contribution in [2.24, 2.45) is 5.84 Å². The maximum Gasteiger partial charge on any atom is 0.225 e. The molecule has 1 heterocycles. The van der Waals surface area contributed by atoms with E-state index in [1.807, 2.05) is 18.2 Å². The number of rotatable bonds is 4. The first-order valence-corrected chi connectivity index (χ1v) is 5.53. The summed E-state index contributed by atoms with van der Waals surface area (Å²) in [6.45, 7) is 0.334. The molecule has 0 saturated heterocycles. The molecule has 0 spiro atoms. The van der Waals surface area contributed by atoms with Crippen LogP contribution in [0.25, 0.3) is 0 Å². The fourth-order valence-corrected chi connectivity index (χ4v) is 1.59. The summed E-state index contributed by atoms with van der Waals surface area (Å²) in [6.07, 6.45) is 0. The predicted molar refractivity (Wildman–Crippen MR) is 70.0 cm³/mol. The second kappa shape index (κ2) is 5.52. The Balaban J connectivity index is 2.08. The molecule has 0 aliphatic carbocycles. The molecule has 0 aliphatic rings. The van der Waals surface area contributed by atoms with Crippen LogP contribution in [0.4, 0.5) is 11.8 Å². The molecule has 2 rings (SSSR count). The largest absolute Gasteiger partial charge is 0.473 e. The molecular formula is C11H12ClN5O. The van der Waals surface area contributed by atoms with E-state index in [-0.39, 0.29) is 5.95 Å². The van der Waals surface area contributed by atoms with E-state index in [9.17, 15) is 0 Å². The average molecular weight is 266 g/mol. The van der Waals surface area contributed by atoms with E-state index in [2.05, 4.69) is 15.4 Å². The minimum absolute atomic E-state index is 0.0894. The summed E-state index contributed by atoms with van der Waals surface area (Å²) in [5, 5.41) is 0.655. The molecule has 0 atom stereocenters. The highest BCUT2D eigenvalue weighted by Gasteiger charge is 2.03. The van der Waals surface area contributed by atoms with Crippen molar-refractivity contribution in [1.82, 2.24) is 9.97 Å². The molecule has 6 nitrogen and oxygen atoms in total. The number of nitrogen functional groups attached to an aromatic ring is 2. The lowest BCUT2D eigenvalue weighted by atomic mass is 10.2. The summed E-state index contributed by atoms with van der Waals surface area (Å²) in [6, 6.07) is 8.92. The van der Waals surface area contributed by atoms with Crippen LogP contribution in [0.2, 0.25) is 5.02 Å². The first-order valence-electron chi connectivity index (χ1n) is 5.16. The highest BCUT2D eigenvalue weighted by molar-refractivity contribution is 6.30. The molecule has 0 saturated carbocycles. The van der Waals surface area contributed by atoms with Gasteiger partial charge in [-0.05, 0) is 17.7 Å². The molecular weight excluding hydrogens is 254 g/mol. The van der Waals surface area contributed by atoms with Crippen LogP contribution in [0, 0.1) is 0 Å². The normalized spacial score (nSPS) is 10.1. The Morgan fingerprint density at radius 2 is 2.11 bits per heavy atom. The third-order valence-electron chi connectivity index (χ3n) is 2.14. The highest BCUT2D eigenvalue weighted by Crippen LogP contribution is 2.16. The minimum Gasteiger partial charge on any atom is -0.473 e. The maximum atomic E-state index is 5.87. The van der Waals surface area contributed by atoms with Gasteiger partial charge >= 0.3 is 0 Å². The van der Waals surface area contributed by atoms with Crippen molar-refractivity contribution < 1.29 is 4.74 Å². The van der Waals surface area contributed by atoms with Crippen molar-refractivity contribution in [3.8, 4) is 5.88 Å². The Hall–Kier alpha value is -2.05. The summed E-state index contributed by atoms with van der Waals surface area (Å²) >= 11 is 5.87. The highest BCUT2D eigenvalue weighted by atomic mass is 35.5. The van der Waals surface area contributed by atoms with Gasteiger partial charge in [-0.15, -0.1) is 0 Å². The Morgan fingerprint density at radius 1 is 1.28 bits per heavy atom. The van der Waals surface area contributed by atoms with E-state index < -0.39 is 0 Å². The lowest BCUT2D eigenvalue weighted by molar-refractivity contribution is 0.294. The average Bonchev–Trinajstić information content (AvgIpc) is 2.36. The summed E-state index contributed by atoms with van der Waals surface area (Å²) < 4.78 is 5.49. The second-order valence-corrected chi connectivity index (χ2v) is 3.95. The molecule has 1 aromatic heterocycles. The summed E-state index contributed by atoms with van der Waals surface area (Å²) in [5.74, 6) is 6.07. The fourth-order valence-electron chi connectivity index (χ4n) is 1.37. The molecule has 0 radical (unpaired) electrons. The minimum atomic E-state index is 0.0894. The van der Waals surface area contributed by atoms with Crippen LogP contribution < -0.4 is 21.7 Å². The zero-order valence-electron chi connectivity index (χ0n) is 9.43. The molecule has 0 bridgehead atoms. The van der Waals surface area contributed by atoms with Gasteiger partial charge in [-0.25, -0.2) is 5.84 Å². The van der Waals surface area contributed by atoms with Crippen LogP contribution in [0.15, 0.2) is 30.3 Å². The van der Waals surface area contributed by atoms with E-state index in [0.717, 1.165) is 5.56 Å². The number of hydrazine groups is 1. The molecule has 0 aliphatic heterocycles. The molecule has 0 unspecified atom stereocenters. The van der Waals surface area contributed by atoms with E-state index in [4.69, 9.17) is 27.9 Å². The van der Waals surface area contributed by atoms with E-state index in [0.29, 0.717) is 23.3 Å². The smallest absolute Gasteiger partial charge is 0.225 e. The molecule has 18 heavy (non-hydrogen) atoms. The number of hydrogen-bond acceptors (Lipinski definition) is 6. The Morgan fingerprint density at radius 3 is 2.83 bits per heavy atom. The quantitative estimate of drug-likeness (QED) is 0.573. The van der Waals surface area contributed by atoms with Crippen LogP contribution in [-0.4, -0.2) is 9.97 Å². The van der Waals surface area contributed by atoms with Gasteiger partial charge in [0.15, 0.2) is 0 Å². The number of ether oxygens (including phenoxy) is 1. The zero-order chi connectivity index (χ0) is 13.0. The van der Waals surface area contributed by atoms with Crippen LogP contribution >= 0.6 is 11.6 Å². The van der Waals surface area contributed by atoms with Gasteiger partial charge < -0.3 is 15.9 Å². The number of aromatic nitrogens is 2. The van der Waals surface area contributed by atoms with Crippen LogP contribution in [0.5, 0.6) is 5.88 Å². The predicted octanol–water partition coefficient (Wildman–Crippen LogP) is 1.58. The number of benzene rings is 1. The van der Waals surface area contributed by atoms with Crippen molar-refractivity contribution in [3.63, 3.8) is 0 Å². The van der Waals surface area contributed by atoms with Gasteiger partial charge in [0.2, 0.25) is 11.8 Å². The Labute approximate surface area is 109 Å². The third kappa shape index (κ3) is 3.22. The molecule has 7 heteroatoms. The van der Waals surface area contributed by atoms with Crippen molar-refractivity contribution in [3.05, 3.63) is 40.9 Å². The zero-order valence-corrected chi connectivity index (χ0v) is 10.2. The topological polar surface area (TPSA) is 99.1 Å². The van der Waals surface area contributed by atoms with Gasteiger partial charge in [0.1, 0.15) is 12.4 Å². The molecule has 1 aromatic carbocycles. The van der Waals surface area contributed by atoms with E-state index in [1.165, 1.54) is 0 Å². The number of anilines is 2. The number of nitrogens with two attached hydrogens (primary N) is 2. The summed E-state index contributed by atoms with van der Waals surface area (Å²) in [4.78, 5) is 7.79. The lowest BCUT2D eigenvalue weighted by Crippen LogP contribution is -2.11. The number of halogens is 1. The first-order chi connectivity index (χ1) is 8.67. The van der Waals surface area contributed by atoms with Crippen molar-refractivity contribution in [2.45, 2.75) is 6.61 Å².